The molecule has 0 aromatic heterocycles. The van der Waals surface area contributed by atoms with Crippen LogP contribution < -0.4 is 20.6 Å². The first-order chi connectivity index (χ1) is 9.31. The van der Waals surface area contributed by atoms with Crippen LogP contribution in [0, 0.1) is 0 Å². The molecule has 1 aromatic carbocycles. The quantitative estimate of drug-likeness (QED) is 0.638. The van der Waals surface area contributed by atoms with Crippen molar-refractivity contribution in [2.45, 2.75) is 6.18 Å². The van der Waals surface area contributed by atoms with Crippen molar-refractivity contribution in [1.82, 2.24) is 5.43 Å². The smallest absolute Gasteiger partial charge is 0.422 e. The molecule has 0 aliphatic carbocycles. The highest BCUT2D eigenvalue weighted by atomic mass is 19.4. The zero-order valence-corrected chi connectivity index (χ0v) is 10.4. The number of hydrogen-bond acceptors (Lipinski definition) is 4. The van der Waals surface area contributed by atoms with Crippen LogP contribution in [0.4, 0.5) is 18.0 Å². The molecule has 2 amide bonds. The Kier molecular flexibility index (Phi) is 5.18. The molecular weight excluding hydrogens is 279 g/mol. The number of methoxy groups -OCH3 is 1. The van der Waals surface area contributed by atoms with Gasteiger partial charge in [-0.2, -0.15) is 18.3 Å². The highest BCUT2D eigenvalue weighted by Gasteiger charge is 2.28. The van der Waals surface area contributed by atoms with Gasteiger partial charge < -0.3 is 15.2 Å². The first-order valence-electron chi connectivity index (χ1n) is 5.28. The van der Waals surface area contributed by atoms with E-state index in [2.05, 4.69) is 9.84 Å². The molecule has 0 atom stereocenters. The molecule has 0 heterocycles. The molecule has 0 radical (unpaired) electrons. The van der Waals surface area contributed by atoms with Gasteiger partial charge in [-0.3, -0.25) is 0 Å². The predicted octanol–water partition coefficient (Wildman–Crippen LogP) is 1.64. The molecular formula is C11H12F3N3O3. The number of amides is 2. The third-order valence-corrected chi connectivity index (χ3v) is 1.97. The maximum Gasteiger partial charge on any atom is 0.422 e. The summed E-state index contributed by atoms with van der Waals surface area (Å²) >= 11 is 0. The van der Waals surface area contributed by atoms with Gasteiger partial charge >= 0.3 is 12.2 Å². The molecule has 1 aromatic rings. The SMILES string of the molecule is COc1cc(C=NNC(N)=O)ccc1OCC(F)(F)F. The van der Waals surface area contributed by atoms with Crippen LogP contribution in [0.15, 0.2) is 23.3 Å². The zero-order chi connectivity index (χ0) is 15.2. The molecule has 1 rings (SSSR count). The van der Waals surface area contributed by atoms with Gasteiger partial charge in [0.2, 0.25) is 0 Å². The van der Waals surface area contributed by atoms with Crippen molar-refractivity contribution in [2.75, 3.05) is 13.7 Å². The van der Waals surface area contributed by atoms with E-state index in [9.17, 15) is 18.0 Å². The summed E-state index contributed by atoms with van der Waals surface area (Å²) in [6, 6.07) is 3.31. The minimum absolute atomic E-state index is 0.0511. The maximum absolute atomic E-state index is 12.1. The number of nitrogens with zero attached hydrogens (tertiary/aromatic N) is 1. The average molecular weight is 291 g/mol. The number of primary amides is 1. The number of ether oxygens (including phenoxy) is 2. The summed E-state index contributed by atoms with van der Waals surface area (Å²) < 4.78 is 45.7. The van der Waals surface area contributed by atoms with Crippen molar-refractivity contribution in [2.24, 2.45) is 10.8 Å². The summed E-state index contributed by atoms with van der Waals surface area (Å²) in [4.78, 5) is 10.4. The third-order valence-electron chi connectivity index (χ3n) is 1.97. The number of rotatable bonds is 5. The molecule has 0 saturated carbocycles. The Morgan fingerprint density at radius 1 is 1.45 bits per heavy atom. The summed E-state index contributed by atoms with van der Waals surface area (Å²) in [7, 11) is 1.29. The minimum Gasteiger partial charge on any atom is -0.493 e. The van der Waals surface area contributed by atoms with Crippen molar-refractivity contribution in [3.05, 3.63) is 23.8 Å². The summed E-state index contributed by atoms with van der Waals surface area (Å²) in [5.74, 6) is 0.0575. The molecule has 0 fully saturated rings. The van der Waals surface area contributed by atoms with Crippen molar-refractivity contribution < 1.29 is 27.4 Å². The van der Waals surface area contributed by atoms with Crippen LogP contribution in [0.3, 0.4) is 0 Å². The molecule has 20 heavy (non-hydrogen) atoms. The van der Waals surface area contributed by atoms with E-state index in [1.807, 2.05) is 5.43 Å². The predicted molar refractivity (Wildman–Crippen MR) is 64.9 cm³/mol. The summed E-state index contributed by atoms with van der Waals surface area (Å²) in [5, 5.41) is 3.51. The van der Waals surface area contributed by atoms with E-state index in [-0.39, 0.29) is 11.5 Å². The van der Waals surface area contributed by atoms with E-state index in [4.69, 9.17) is 10.5 Å². The number of nitrogens with two attached hydrogens (primary N) is 1. The van der Waals surface area contributed by atoms with Crippen LogP contribution in [0.2, 0.25) is 0 Å². The second-order valence-corrected chi connectivity index (χ2v) is 3.55. The summed E-state index contributed by atoms with van der Waals surface area (Å²) in [6.45, 7) is -1.42. The Hall–Kier alpha value is -2.45. The fraction of sp³-hybridized carbons (Fsp3) is 0.273. The standard InChI is InChI=1S/C11H12F3N3O3/c1-19-9-4-7(5-16-17-10(15)18)2-3-8(9)20-6-11(12,13)14/h2-5H,6H2,1H3,(H3,15,17,18). The van der Waals surface area contributed by atoms with Crippen LogP contribution in [0.5, 0.6) is 11.5 Å². The molecule has 0 saturated heterocycles. The van der Waals surface area contributed by atoms with Crippen molar-refractivity contribution in [1.29, 1.82) is 0 Å². The third kappa shape index (κ3) is 5.46. The Balaban J connectivity index is 2.80. The van der Waals surface area contributed by atoms with Gasteiger partial charge in [-0.05, 0) is 23.8 Å². The van der Waals surface area contributed by atoms with Gasteiger partial charge in [-0.25, -0.2) is 10.2 Å². The first-order valence-corrected chi connectivity index (χ1v) is 5.28. The lowest BCUT2D eigenvalue weighted by atomic mass is 10.2. The Bertz CT molecular complexity index is 503. The van der Waals surface area contributed by atoms with E-state index in [0.29, 0.717) is 5.56 Å². The van der Waals surface area contributed by atoms with Crippen LogP contribution in [0.25, 0.3) is 0 Å². The molecule has 110 valence electrons. The number of alkyl halides is 3. The van der Waals surface area contributed by atoms with Gasteiger partial charge in [0, 0.05) is 0 Å². The fourth-order valence-electron chi connectivity index (χ4n) is 1.21. The van der Waals surface area contributed by atoms with E-state index in [1.54, 1.807) is 0 Å². The van der Waals surface area contributed by atoms with E-state index in [0.717, 1.165) is 0 Å². The molecule has 0 aliphatic heterocycles. The summed E-state index contributed by atoms with van der Waals surface area (Å²) in [5.41, 5.74) is 7.26. The largest absolute Gasteiger partial charge is 0.493 e. The van der Waals surface area contributed by atoms with Gasteiger partial charge in [-0.15, -0.1) is 0 Å². The number of nitrogens with one attached hydrogen (secondary N) is 1. The zero-order valence-electron chi connectivity index (χ0n) is 10.4. The van der Waals surface area contributed by atoms with E-state index >= 15 is 0 Å². The molecule has 0 aliphatic rings. The fourth-order valence-corrected chi connectivity index (χ4v) is 1.21. The van der Waals surface area contributed by atoms with Gasteiger partial charge in [-0.1, -0.05) is 0 Å². The number of carbonyl (C=O) groups excluding carboxylic acids is 1. The van der Waals surface area contributed by atoms with Crippen LogP contribution in [-0.4, -0.2) is 32.1 Å². The number of benzene rings is 1. The van der Waals surface area contributed by atoms with Gasteiger partial charge in [0.15, 0.2) is 18.1 Å². The highest BCUT2D eigenvalue weighted by molar-refractivity contribution is 5.82. The molecule has 6 nitrogen and oxygen atoms in total. The number of hydrogen-bond donors (Lipinski definition) is 2. The lowest BCUT2D eigenvalue weighted by Gasteiger charge is -2.12. The summed E-state index contributed by atoms with van der Waals surface area (Å²) in [6.07, 6.45) is -3.18. The average Bonchev–Trinajstić information content (AvgIpc) is 2.35. The van der Waals surface area contributed by atoms with Gasteiger partial charge in [0.1, 0.15) is 0 Å². The number of hydrazone groups is 1. The normalized spacial score (nSPS) is 11.4. The van der Waals surface area contributed by atoms with Crippen molar-refractivity contribution in [3.63, 3.8) is 0 Å². The van der Waals surface area contributed by atoms with Crippen LogP contribution in [-0.2, 0) is 0 Å². The number of urea groups is 1. The molecule has 3 N–H and O–H groups in total. The Morgan fingerprint density at radius 3 is 2.70 bits per heavy atom. The van der Waals surface area contributed by atoms with Crippen LogP contribution in [0.1, 0.15) is 5.56 Å². The Labute approximate surface area is 112 Å². The second kappa shape index (κ2) is 6.64. The lowest BCUT2D eigenvalue weighted by molar-refractivity contribution is -0.153. The maximum atomic E-state index is 12.1. The Morgan fingerprint density at radius 2 is 2.15 bits per heavy atom. The lowest BCUT2D eigenvalue weighted by Crippen LogP contribution is -2.24. The molecule has 0 unspecified atom stereocenters. The molecule has 0 spiro atoms. The monoisotopic (exact) mass is 291 g/mol. The van der Waals surface area contributed by atoms with Crippen molar-refractivity contribution in [3.8, 4) is 11.5 Å². The van der Waals surface area contributed by atoms with Crippen LogP contribution >= 0.6 is 0 Å². The van der Waals surface area contributed by atoms with E-state index in [1.165, 1.54) is 31.5 Å². The van der Waals surface area contributed by atoms with Gasteiger partial charge in [0.25, 0.3) is 0 Å². The molecule has 0 bridgehead atoms. The number of halogens is 3. The topological polar surface area (TPSA) is 85.9 Å². The second-order valence-electron chi connectivity index (χ2n) is 3.55. The minimum atomic E-state index is -4.43. The van der Waals surface area contributed by atoms with E-state index < -0.39 is 18.8 Å². The van der Waals surface area contributed by atoms with Crippen molar-refractivity contribution >= 4 is 12.2 Å². The number of carbonyl (C=O) groups is 1. The van der Waals surface area contributed by atoms with Gasteiger partial charge in [0.05, 0.1) is 13.3 Å². The first kappa shape index (κ1) is 15.6. The molecule has 9 heteroatoms. The highest BCUT2D eigenvalue weighted by Crippen LogP contribution is 2.29.